The highest BCUT2D eigenvalue weighted by molar-refractivity contribution is 6.23. The summed E-state index contributed by atoms with van der Waals surface area (Å²) in [6, 6.07) is 26.0. The Balaban J connectivity index is 1.86. The van der Waals surface area contributed by atoms with Gasteiger partial charge in [0.05, 0.1) is 22.2 Å². The van der Waals surface area contributed by atoms with E-state index in [-0.39, 0.29) is 0 Å². The van der Waals surface area contributed by atoms with Crippen molar-refractivity contribution in [3.8, 4) is 11.3 Å². The maximum absolute atomic E-state index is 4.54. The Labute approximate surface area is 150 Å². The predicted molar refractivity (Wildman–Crippen MR) is 109 cm³/mol. The highest BCUT2D eigenvalue weighted by Crippen LogP contribution is 2.41. The maximum atomic E-state index is 4.54. The average Bonchev–Trinajstić information content (AvgIpc) is 3.21. The van der Waals surface area contributed by atoms with Crippen LogP contribution in [0.5, 0.6) is 0 Å². The zero-order valence-corrected chi connectivity index (χ0v) is 14.4. The van der Waals surface area contributed by atoms with Crippen molar-refractivity contribution in [1.82, 2.24) is 9.38 Å². The van der Waals surface area contributed by atoms with Crippen LogP contribution in [-0.2, 0) is 0 Å². The van der Waals surface area contributed by atoms with E-state index >= 15 is 0 Å². The third-order valence-corrected chi connectivity index (χ3v) is 5.47. The molecule has 0 radical (unpaired) electrons. The van der Waals surface area contributed by atoms with Gasteiger partial charge < -0.3 is 4.40 Å². The van der Waals surface area contributed by atoms with Crippen molar-refractivity contribution in [3.63, 3.8) is 0 Å². The van der Waals surface area contributed by atoms with Crippen molar-refractivity contribution in [2.75, 3.05) is 0 Å². The van der Waals surface area contributed by atoms with E-state index in [1.165, 1.54) is 49.2 Å². The fourth-order valence-electron chi connectivity index (χ4n) is 4.43. The van der Waals surface area contributed by atoms with Crippen LogP contribution in [0.3, 0.4) is 0 Å². The van der Waals surface area contributed by atoms with Gasteiger partial charge in [-0.2, -0.15) is 0 Å². The van der Waals surface area contributed by atoms with Gasteiger partial charge in [0.25, 0.3) is 0 Å². The highest BCUT2D eigenvalue weighted by atomic mass is 14.9. The first-order chi connectivity index (χ1) is 12.8. The van der Waals surface area contributed by atoms with Crippen LogP contribution in [0, 0.1) is 6.92 Å². The Morgan fingerprint density at radius 1 is 0.692 bits per heavy atom. The van der Waals surface area contributed by atoms with E-state index in [0.29, 0.717) is 0 Å². The van der Waals surface area contributed by atoms with Gasteiger partial charge in [-0.3, -0.25) is 4.98 Å². The number of pyridine rings is 1. The van der Waals surface area contributed by atoms with E-state index < -0.39 is 0 Å². The number of fused-ring (bicyclic) bond motifs is 6. The van der Waals surface area contributed by atoms with Crippen molar-refractivity contribution in [1.29, 1.82) is 0 Å². The van der Waals surface area contributed by atoms with Gasteiger partial charge in [0.1, 0.15) is 0 Å². The average molecular weight is 332 g/mol. The molecule has 0 aliphatic heterocycles. The molecule has 2 heteroatoms. The molecular weight excluding hydrogens is 316 g/mol. The molecule has 3 aromatic carbocycles. The summed E-state index contributed by atoms with van der Waals surface area (Å²) in [6.07, 6.45) is 1.86. The second-order valence-electron chi connectivity index (χ2n) is 6.96. The molecule has 0 aliphatic rings. The number of aromatic nitrogens is 2. The molecule has 0 amide bonds. The molecule has 3 heterocycles. The van der Waals surface area contributed by atoms with Crippen molar-refractivity contribution in [2.24, 2.45) is 0 Å². The van der Waals surface area contributed by atoms with Crippen LogP contribution < -0.4 is 0 Å². The zero-order valence-electron chi connectivity index (χ0n) is 14.4. The quantitative estimate of drug-likeness (QED) is 0.350. The van der Waals surface area contributed by atoms with E-state index in [9.17, 15) is 0 Å². The van der Waals surface area contributed by atoms with Crippen molar-refractivity contribution in [2.45, 2.75) is 6.92 Å². The minimum absolute atomic E-state index is 1.02. The molecule has 26 heavy (non-hydrogen) atoms. The molecular formula is C24H16N2. The topological polar surface area (TPSA) is 17.3 Å². The molecule has 0 unspecified atom stereocenters. The molecule has 0 saturated heterocycles. The summed E-state index contributed by atoms with van der Waals surface area (Å²) < 4.78 is 2.44. The van der Waals surface area contributed by atoms with E-state index in [4.69, 9.17) is 0 Å². The molecule has 0 saturated carbocycles. The van der Waals surface area contributed by atoms with Crippen molar-refractivity contribution in [3.05, 3.63) is 84.6 Å². The van der Waals surface area contributed by atoms with Gasteiger partial charge in [0, 0.05) is 33.3 Å². The van der Waals surface area contributed by atoms with Crippen LogP contribution in [-0.4, -0.2) is 9.38 Å². The SMILES string of the molecule is Cc1cc(-c2ccccn2)cc2c3cccc4c5ccccc5n(c12)c43. The molecule has 0 atom stereocenters. The number of hydrogen-bond donors (Lipinski definition) is 0. The normalized spacial score (nSPS) is 12.0. The molecule has 0 fully saturated rings. The first-order valence-corrected chi connectivity index (χ1v) is 8.92. The van der Waals surface area contributed by atoms with E-state index in [1.807, 2.05) is 18.3 Å². The molecule has 122 valence electrons. The summed E-state index contributed by atoms with van der Waals surface area (Å²) in [5.74, 6) is 0. The van der Waals surface area contributed by atoms with Gasteiger partial charge in [-0.15, -0.1) is 0 Å². The smallest absolute Gasteiger partial charge is 0.0702 e. The van der Waals surface area contributed by atoms with Crippen LogP contribution in [0.15, 0.2) is 79.0 Å². The van der Waals surface area contributed by atoms with Gasteiger partial charge in [-0.25, -0.2) is 0 Å². The lowest BCUT2D eigenvalue weighted by molar-refractivity contribution is 1.31. The summed E-state index contributed by atoms with van der Waals surface area (Å²) in [7, 11) is 0. The third-order valence-electron chi connectivity index (χ3n) is 5.47. The second-order valence-corrected chi connectivity index (χ2v) is 6.96. The minimum Gasteiger partial charge on any atom is -0.308 e. The van der Waals surface area contributed by atoms with Crippen LogP contribution in [0.4, 0.5) is 0 Å². The summed E-state index contributed by atoms with van der Waals surface area (Å²) in [5, 5.41) is 5.27. The molecule has 0 spiro atoms. The molecule has 0 aliphatic carbocycles. The van der Waals surface area contributed by atoms with Gasteiger partial charge in [-0.05, 0) is 42.8 Å². The van der Waals surface area contributed by atoms with Gasteiger partial charge in [0.15, 0.2) is 0 Å². The monoisotopic (exact) mass is 332 g/mol. The molecule has 2 nitrogen and oxygen atoms in total. The highest BCUT2D eigenvalue weighted by Gasteiger charge is 2.18. The van der Waals surface area contributed by atoms with Crippen molar-refractivity contribution >= 4 is 38.1 Å². The summed E-state index contributed by atoms with van der Waals surface area (Å²) in [6.45, 7) is 2.21. The van der Waals surface area contributed by atoms with Crippen LogP contribution in [0.2, 0.25) is 0 Å². The lowest BCUT2D eigenvalue weighted by Crippen LogP contribution is -1.87. The summed E-state index contributed by atoms with van der Waals surface area (Å²) in [5.41, 5.74) is 7.38. The fraction of sp³-hybridized carbons (Fsp3) is 0.0417. The second kappa shape index (κ2) is 4.83. The van der Waals surface area contributed by atoms with Gasteiger partial charge >= 0.3 is 0 Å². The summed E-state index contributed by atoms with van der Waals surface area (Å²) >= 11 is 0. The number of benzene rings is 3. The fourth-order valence-corrected chi connectivity index (χ4v) is 4.43. The molecule has 3 aromatic heterocycles. The summed E-state index contributed by atoms with van der Waals surface area (Å²) in [4.78, 5) is 4.54. The molecule has 6 rings (SSSR count). The van der Waals surface area contributed by atoms with Crippen LogP contribution in [0.25, 0.3) is 49.4 Å². The van der Waals surface area contributed by atoms with E-state index in [2.05, 4.69) is 77.0 Å². The van der Waals surface area contributed by atoms with Gasteiger partial charge in [-0.1, -0.05) is 42.5 Å². The van der Waals surface area contributed by atoms with E-state index in [1.54, 1.807) is 0 Å². The van der Waals surface area contributed by atoms with Gasteiger partial charge in [0.2, 0.25) is 0 Å². The molecule has 0 bridgehead atoms. The Morgan fingerprint density at radius 3 is 2.31 bits per heavy atom. The molecule has 0 N–H and O–H groups in total. The first kappa shape index (κ1) is 13.9. The molecule has 6 aromatic rings. The minimum atomic E-state index is 1.02. The number of para-hydroxylation sites is 2. The van der Waals surface area contributed by atoms with E-state index in [0.717, 1.165) is 5.69 Å². The third kappa shape index (κ3) is 1.64. The predicted octanol–water partition coefficient (Wildman–Crippen LogP) is 6.21. The van der Waals surface area contributed by atoms with Crippen LogP contribution in [0.1, 0.15) is 5.56 Å². The van der Waals surface area contributed by atoms with Crippen molar-refractivity contribution < 1.29 is 0 Å². The largest absolute Gasteiger partial charge is 0.308 e. The zero-order chi connectivity index (χ0) is 17.3. The Kier molecular flexibility index (Phi) is 2.57. The Hall–Kier alpha value is -3.39. The number of rotatable bonds is 1. The maximum Gasteiger partial charge on any atom is 0.0702 e. The standard InChI is InChI=1S/C24H16N2/c1-15-13-16(21-10-4-5-12-25-21)14-20-19-9-6-8-18-17-7-2-3-11-22(17)26(23(15)20)24(18)19/h2-14H,1H3. The lowest BCUT2D eigenvalue weighted by atomic mass is 10.0. The lowest BCUT2D eigenvalue weighted by Gasteiger charge is -2.06. The number of aryl methyl sites for hydroxylation is 1. The first-order valence-electron chi connectivity index (χ1n) is 8.92. The Morgan fingerprint density at radius 2 is 1.46 bits per heavy atom. The number of nitrogens with zero attached hydrogens (tertiary/aromatic N) is 2. The van der Waals surface area contributed by atoms with Crippen LogP contribution >= 0.6 is 0 Å². The Bertz CT molecular complexity index is 1430. The number of hydrogen-bond acceptors (Lipinski definition) is 1.